The van der Waals surface area contributed by atoms with Crippen LogP contribution in [-0.2, 0) is 4.74 Å². The van der Waals surface area contributed by atoms with Crippen LogP contribution in [0.2, 0.25) is 0 Å². The molecule has 0 heterocycles. The topological polar surface area (TPSA) is 29.5 Å². The van der Waals surface area contributed by atoms with Crippen LogP contribution in [0.4, 0.5) is 0 Å². The third-order valence-electron chi connectivity index (χ3n) is 5.84. The maximum absolute atomic E-state index is 9.94. The van der Waals surface area contributed by atoms with E-state index in [-0.39, 0.29) is 6.10 Å². The highest BCUT2D eigenvalue weighted by Crippen LogP contribution is 2.13. The number of aliphatic hydroxyl groups is 1. The summed E-state index contributed by atoms with van der Waals surface area (Å²) in [4.78, 5) is 0. The Morgan fingerprint density at radius 2 is 0.857 bits per heavy atom. The maximum Gasteiger partial charge on any atom is 0.0773 e. The molecule has 0 aromatic heterocycles. The first-order chi connectivity index (χ1) is 13.8. The van der Waals surface area contributed by atoms with Gasteiger partial charge in [-0.05, 0) is 12.8 Å². The van der Waals surface area contributed by atoms with E-state index >= 15 is 0 Å². The van der Waals surface area contributed by atoms with Crippen LogP contribution in [0, 0.1) is 0 Å². The lowest BCUT2D eigenvalue weighted by atomic mass is 10.0. The van der Waals surface area contributed by atoms with Gasteiger partial charge < -0.3 is 9.84 Å². The third kappa shape index (κ3) is 24.0. The van der Waals surface area contributed by atoms with Crippen molar-refractivity contribution in [1.29, 1.82) is 0 Å². The fraction of sp³-hybridized carbons (Fsp3) is 1.00. The fourth-order valence-corrected chi connectivity index (χ4v) is 3.86. The zero-order valence-electron chi connectivity index (χ0n) is 19.7. The normalized spacial score (nSPS) is 12.5. The minimum Gasteiger partial charge on any atom is -0.391 e. The first kappa shape index (κ1) is 27.9. The van der Waals surface area contributed by atoms with E-state index in [4.69, 9.17) is 4.74 Å². The van der Waals surface area contributed by atoms with Crippen LogP contribution in [0.3, 0.4) is 0 Å². The Bertz CT molecular complexity index is 267. The molecule has 0 aromatic rings. The lowest BCUT2D eigenvalue weighted by Crippen LogP contribution is -2.15. The van der Waals surface area contributed by atoms with Crippen LogP contribution in [0.5, 0.6) is 0 Å². The van der Waals surface area contributed by atoms with E-state index < -0.39 is 0 Å². The molecule has 1 unspecified atom stereocenters. The number of aliphatic hydroxyl groups excluding tert-OH is 1. The Kier molecular flexibility index (Phi) is 24.9. The Morgan fingerprint density at radius 3 is 1.29 bits per heavy atom. The van der Waals surface area contributed by atoms with E-state index in [1.165, 1.54) is 116 Å². The van der Waals surface area contributed by atoms with Crippen molar-refractivity contribution in [2.24, 2.45) is 0 Å². The molecule has 1 atom stereocenters. The Hall–Kier alpha value is -0.0800. The monoisotopic (exact) mass is 398 g/mol. The van der Waals surface area contributed by atoms with Gasteiger partial charge in [0, 0.05) is 6.61 Å². The van der Waals surface area contributed by atoms with Crippen molar-refractivity contribution in [3.8, 4) is 0 Å². The number of ether oxygens (including phenoxy) is 1. The van der Waals surface area contributed by atoms with E-state index in [2.05, 4.69) is 13.8 Å². The van der Waals surface area contributed by atoms with Gasteiger partial charge >= 0.3 is 0 Å². The average Bonchev–Trinajstić information content (AvgIpc) is 2.70. The standard InChI is InChI=1S/C26H54O2/c1-3-5-7-9-11-12-13-14-15-16-17-18-20-22-24-28-25-26(27)23-21-19-10-8-6-4-2/h26-27H,3-25H2,1-2H3. The summed E-state index contributed by atoms with van der Waals surface area (Å²) < 4.78 is 5.65. The van der Waals surface area contributed by atoms with Crippen molar-refractivity contribution in [3.63, 3.8) is 0 Å². The summed E-state index contributed by atoms with van der Waals surface area (Å²) in [5.41, 5.74) is 0. The molecule has 0 amide bonds. The minimum absolute atomic E-state index is 0.252. The van der Waals surface area contributed by atoms with E-state index in [9.17, 15) is 5.11 Å². The SMILES string of the molecule is CCCCCCCCCCCCCCCCOCC(O)CCCCCCCC. The molecule has 0 fully saturated rings. The predicted molar refractivity (Wildman–Crippen MR) is 125 cm³/mol. The van der Waals surface area contributed by atoms with E-state index in [1.807, 2.05) is 0 Å². The molecule has 0 aliphatic carbocycles. The van der Waals surface area contributed by atoms with Crippen molar-refractivity contribution in [2.75, 3.05) is 13.2 Å². The predicted octanol–water partition coefficient (Wildman–Crippen LogP) is 8.60. The highest BCUT2D eigenvalue weighted by molar-refractivity contribution is 4.55. The van der Waals surface area contributed by atoms with Gasteiger partial charge in [-0.1, -0.05) is 136 Å². The van der Waals surface area contributed by atoms with Crippen LogP contribution in [-0.4, -0.2) is 24.4 Å². The summed E-state index contributed by atoms with van der Waals surface area (Å²) in [5, 5.41) is 9.94. The second-order valence-corrected chi connectivity index (χ2v) is 8.88. The second-order valence-electron chi connectivity index (χ2n) is 8.88. The van der Waals surface area contributed by atoms with Gasteiger partial charge in [-0.25, -0.2) is 0 Å². The molecule has 1 N–H and O–H groups in total. The number of unbranched alkanes of at least 4 members (excludes halogenated alkanes) is 18. The van der Waals surface area contributed by atoms with Crippen LogP contribution in [0.15, 0.2) is 0 Å². The number of hydrogen-bond donors (Lipinski definition) is 1. The van der Waals surface area contributed by atoms with Crippen LogP contribution in [0.1, 0.15) is 149 Å². The number of rotatable bonds is 24. The van der Waals surface area contributed by atoms with E-state index in [1.54, 1.807) is 0 Å². The summed E-state index contributed by atoms with van der Waals surface area (Å²) in [6.45, 7) is 5.90. The van der Waals surface area contributed by atoms with Gasteiger partial charge in [-0.2, -0.15) is 0 Å². The van der Waals surface area contributed by atoms with Gasteiger partial charge in [0.15, 0.2) is 0 Å². The molecular weight excluding hydrogens is 344 g/mol. The molecule has 170 valence electrons. The van der Waals surface area contributed by atoms with E-state index in [0.29, 0.717) is 6.61 Å². The zero-order valence-corrected chi connectivity index (χ0v) is 19.7. The molecule has 0 aliphatic rings. The molecule has 0 spiro atoms. The Balaban J connectivity index is 3.09. The van der Waals surface area contributed by atoms with Crippen molar-refractivity contribution in [1.82, 2.24) is 0 Å². The van der Waals surface area contributed by atoms with Crippen molar-refractivity contribution < 1.29 is 9.84 Å². The first-order valence-corrected chi connectivity index (χ1v) is 13.1. The summed E-state index contributed by atoms with van der Waals surface area (Å²) >= 11 is 0. The van der Waals surface area contributed by atoms with Gasteiger partial charge in [0.2, 0.25) is 0 Å². The van der Waals surface area contributed by atoms with Crippen LogP contribution >= 0.6 is 0 Å². The van der Waals surface area contributed by atoms with Gasteiger partial charge in [0.05, 0.1) is 12.7 Å². The average molecular weight is 399 g/mol. The molecule has 0 saturated carbocycles. The Morgan fingerprint density at radius 1 is 0.500 bits per heavy atom. The second kappa shape index (κ2) is 25.0. The highest BCUT2D eigenvalue weighted by atomic mass is 16.5. The lowest BCUT2D eigenvalue weighted by molar-refractivity contribution is 0.0297. The minimum atomic E-state index is -0.252. The molecule has 0 saturated heterocycles. The molecule has 28 heavy (non-hydrogen) atoms. The molecule has 0 rings (SSSR count). The van der Waals surface area contributed by atoms with Crippen molar-refractivity contribution in [3.05, 3.63) is 0 Å². The maximum atomic E-state index is 9.94. The van der Waals surface area contributed by atoms with Gasteiger partial charge in [-0.3, -0.25) is 0 Å². The molecule has 0 radical (unpaired) electrons. The smallest absolute Gasteiger partial charge is 0.0773 e. The molecule has 0 aromatic carbocycles. The zero-order chi connectivity index (χ0) is 20.5. The summed E-state index contributed by atoms with van der Waals surface area (Å²) in [7, 11) is 0. The molecule has 2 nitrogen and oxygen atoms in total. The lowest BCUT2D eigenvalue weighted by Gasteiger charge is -2.11. The molecule has 2 heteroatoms. The fourth-order valence-electron chi connectivity index (χ4n) is 3.86. The van der Waals surface area contributed by atoms with Crippen LogP contribution < -0.4 is 0 Å². The Labute approximate surface area is 178 Å². The first-order valence-electron chi connectivity index (χ1n) is 13.1. The summed E-state index contributed by atoms with van der Waals surface area (Å²) in [6.07, 6.45) is 27.8. The number of hydrogen-bond acceptors (Lipinski definition) is 2. The van der Waals surface area contributed by atoms with Crippen molar-refractivity contribution >= 4 is 0 Å². The van der Waals surface area contributed by atoms with Gasteiger partial charge in [-0.15, -0.1) is 0 Å². The largest absolute Gasteiger partial charge is 0.391 e. The van der Waals surface area contributed by atoms with Gasteiger partial charge in [0.25, 0.3) is 0 Å². The molecule has 0 bridgehead atoms. The quantitative estimate of drug-likeness (QED) is 0.165. The van der Waals surface area contributed by atoms with Gasteiger partial charge in [0.1, 0.15) is 0 Å². The van der Waals surface area contributed by atoms with Crippen LogP contribution in [0.25, 0.3) is 0 Å². The highest BCUT2D eigenvalue weighted by Gasteiger charge is 2.04. The summed E-state index contributed by atoms with van der Waals surface area (Å²) in [5.74, 6) is 0. The summed E-state index contributed by atoms with van der Waals surface area (Å²) in [6, 6.07) is 0. The molecule has 0 aliphatic heterocycles. The van der Waals surface area contributed by atoms with Crippen molar-refractivity contribution in [2.45, 2.75) is 155 Å². The third-order valence-corrected chi connectivity index (χ3v) is 5.84. The van der Waals surface area contributed by atoms with E-state index in [0.717, 1.165) is 25.9 Å². The molecular formula is C26H54O2.